The van der Waals surface area contributed by atoms with Crippen molar-refractivity contribution >= 4 is 0 Å². The molecule has 2 saturated heterocycles. The van der Waals surface area contributed by atoms with E-state index in [2.05, 4.69) is 23.0 Å². The van der Waals surface area contributed by atoms with Crippen molar-refractivity contribution in [2.45, 2.75) is 49.4 Å². The number of aromatic nitrogens is 1. The molecule has 0 aliphatic carbocycles. The highest BCUT2D eigenvalue weighted by Crippen LogP contribution is 2.46. The minimum atomic E-state index is -4.39. The van der Waals surface area contributed by atoms with E-state index in [9.17, 15) is 18.4 Å². The van der Waals surface area contributed by atoms with E-state index >= 15 is 0 Å². The molecule has 124 valence electrons. The quantitative estimate of drug-likeness (QED) is 0.857. The fourth-order valence-corrected chi connectivity index (χ4v) is 3.79. The maximum Gasteiger partial charge on any atom is 0.422 e. The summed E-state index contributed by atoms with van der Waals surface area (Å²) in [7, 11) is 2.07. The molecule has 4 nitrogen and oxygen atoms in total. The second kappa shape index (κ2) is 5.68. The lowest BCUT2D eigenvalue weighted by atomic mass is 9.71. The van der Waals surface area contributed by atoms with Gasteiger partial charge in [-0.1, -0.05) is 0 Å². The molecule has 1 aromatic heterocycles. The third-order valence-corrected chi connectivity index (χ3v) is 5.04. The van der Waals surface area contributed by atoms with E-state index in [0.29, 0.717) is 30.5 Å². The number of fused-ring (bicyclic) bond motifs is 2. The highest BCUT2D eigenvalue weighted by atomic mass is 19.4. The smallest absolute Gasteiger partial charge is 0.422 e. The number of pyridine rings is 1. The molecule has 0 N–H and O–H groups in total. The summed E-state index contributed by atoms with van der Waals surface area (Å²) < 4.78 is 41.6. The molecule has 7 heteroatoms. The Labute approximate surface area is 132 Å². The van der Waals surface area contributed by atoms with Crippen LogP contribution in [-0.4, -0.2) is 41.8 Å². The van der Waals surface area contributed by atoms with Gasteiger partial charge in [-0.05, 0) is 44.4 Å². The molecule has 2 fully saturated rings. The molecule has 0 amide bonds. The highest BCUT2D eigenvalue weighted by molar-refractivity contribution is 5.37. The second-order valence-corrected chi connectivity index (χ2v) is 6.47. The number of alkyl halides is 3. The number of nitriles is 1. The predicted molar refractivity (Wildman–Crippen MR) is 76.9 cm³/mol. The third-order valence-electron chi connectivity index (χ3n) is 5.04. The van der Waals surface area contributed by atoms with Gasteiger partial charge in [0, 0.05) is 18.3 Å². The maximum absolute atomic E-state index is 12.3. The third kappa shape index (κ3) is 3.13. The molecule has 3 heterocycles. The van der Waals surface area contributed by atoms with Crippen LogP contribution in [0, 0.1) is 11.3 Å². The van der Waals surface area contributed by atoms with E-state index in [1.165, 1.54) is 12.3 Å². The Morgan fingerprint density at radius 3 is 2.57 bits per heavy atom. The first-order chi connectivity index (χ1) is 10.8. The minimum Gasteiger partial charge on any atom is -0.482 e. The lowest BCUT2D eigenvalue weighted by Gasteiger charge is -2.41. The largest absolute Gasteiger partial charge is 0.482 e. The summed E-state index contributed by atoms with van der Waals surface area (Å²) in [5, 5.41) is 9.78. The predicted octanol–water partition coefficient (Wildman–Crippen LogP) is 3.04. The fraction of sp³-hybridized carbons (Fsp3) is 0.625. The van der Waals surface area contributed by atoms with E-state index in [0.717, 1.165) is 12.8 Å². The average Bonchev–Trinajstić information content (AvgIpc) is 2.75. The van der Waals surface area contributed by atoms with Crippen molar-refractivity contribution in [3.63, 3.8) is 0 Å². The van der Waals surface area contributed by atoms with Gasteiger partial charge in [0.05, 0.1) is 17.7 Å². The van der Waals surface area contributed by atoms with Gasteiger partial charge in [-0.15, -0.1) is 0 Å². The summed E-state index contributed by atoms with van der Waals surface area (Å²) >= 11 is 0. The Morgan fingerprint density at radius 2 is 2.00 bits per heavy atom. The minimum absolute atomic E-state index is 0.0562. The van der Waals surface area contributed by atoms with Gasteiger partial charge < -0.3 is 9.64 Å². The number of halogens is 3. The van der Waals surface area contributed by atoms with Gasteiger partial charge in [0.25, 0.3) is 0 Å². The monoisotopic (exact) mass is 325 g/mol. The van der Waals surface area contributed by atoms with Gasteiger partial charge in [-0.3, -0.25) is 4.98 Å². The van der Waals surface area contributed by atoms with Crippen LogP contribution < -0.4 is 4.74 Å². The summed E-state index contributed by atoms with van der Waals surface area (Å²) in [5.41, 5.74) is -0.0344. The molecule has 1 aromatic rings. The maximum atomic E-state index is 12.3. The zero-order valence-corrected chi connectivity index (χ0v) is 12.8. The first kappa shape index (κ1) is 16.1. The fourth-order valence-electron chi connectivity index (χ4n) is 3.79. The molecule has 23 heavy (non-hydrogen) atoms. The van der Waals surface area contributed by atoms with Crippen LogP contribution in [0.15, 0.2) is 18.5 Å². The van der Waals surface area contributed by atoms with Crippen molar-refractivity contribution in [3.05, 3.63) is 24.0 Å². The normalized spacial score (nSPS) is 30.9. The van der Waals surface area contributed by atoms with Crippen LogP contribution >= 0.6 is 0 Å². The van der Waals surface area contributed by atoms with Crippen LogP contribution in [0.25, 0.3) is 0 Å². The van der Waals surface area contributed by atoms with E-state index in [1.807, 2.05) is 0 Å². The molecule has 0 aromatic carbocycles. The van der Waals surface area contributed by atoms with E-state index < -0.39 is 18.2 Å². The molecule has 2 aliphatic heterocycles. The average molecular weight is 325 g/mol. The summed E-state index contributed by atoms with van der Waals surface area (Å²) in [5.74, 6) is 0.0562. The topological polar surface area (TPSA) is 49.2 Å². The van der Waals surface area contributed by atoms with Crippen LogP contribution in [0.4, 0.5) is 13.2 Å². The Bertz CT molecular complexity index is 612. The van der Waals surface area contributed by atoms with E-state index in [-0.39, 0.29) is 5.75 Å². The first-order valence-corrected chi connectivity index (χ1v) is 7.61. The molecule has 3 rings (SSSR count). The summed E-state index contributed by atoms with van der Waals surface area (Å²) in [6.45, 7) is -1.36. The second-order valence-electron chi connectivity index (χ2n) is 6.47. The van der Waals surface area contributed by atoms with E-state index in [1.54, 1.807) is 6.20 Å². The Balaban J connectivity index is 1.84. The lowest BCUT2D eigenvalue weighted by molar-refractivity contribution is -0.153. The number of piperidine rings is 1. The molecule has 0 radical (unpaired) electrons. The van der Waals surface area contributed by atoms with Crippen molar-refractivity contribution < 1.29 is 17.9 Å². The molecule has 0 spiro atoms. The van der Waals surface area contributed by atoms with Crippen molar-refractivity contribution in [1.82, 2.24) is 9.88 Å². The number of ether oxygens (including phenoxy) is 1. The summed E-state index contributed by atoms with van der Waals surface area (Å²) in [6.07, 6.45) is 1.92. The summed E-state index contributed by atoms with van der Waals surface area (Å²) in [4.78, 5) is 6.30. The molecule has 2 atom stereocenters. The van der Waals surface area contributed by atoms with Crippen molar-refractivity contribution in [2.24, 2.45) is 0 Å². The number of nitrogens with zero attached hydrogens (tertiary/aromatic N) is 3. The summed E-state index contributed by atoms with van der Waals surface area (Å²) in [6, 6.07) is 4.63. The van der Waals surface area contributed by atoms with Gasteiger partial charge in [-0.25, -0.2) is 0 Å². The van der Waals surface area contributed by atoms with Crippen LogP contribution in [0.3, 0.4) is 0 Å². The Kier molecular flexibility index (Phi) is 3.96. The molecule has 2 bridgehead atoms. The lowest BCUT2D eigenvalue weighted by Crippen LogP contribution is -2.47. The van der Waals surface area contributed by atoms with Crippen LogP contribution in [-0.2, 0) is 5.41 Å². The zero-order chi connectivity index (χ0) is 16.7. The van der Waals surface area contributed by atoms with Crippen LogP contribution in [0.2, 0.25) is 0 Å². The van der Waals surface area contributed by atoms with Gasteiger partial charge in [0.1, 0.15) is 5.75 Å². The Hall–Kier alpha value is -1.81. The molecular formula is C16H18F3N3O. The molecule has 2 aliphatic rings. The van der Waals surface area contributed by atoms with Gasteiger partial charge in [0.2, 0.25) is 0 Å². The first-order valence-electron chi connectivity index (χ1n) is 7.61. The number of rotatable bonds is 3. The van der Waals surface area contributed by atoms with Gasteiger partial charge in [-0.2, -0.15) is 18.4 Å². The molecule has 2 unspecified atom stereocenters. The van der Waals surface area contributed by atoms with Crippen LogP contribution in [0.1, 0.15) is 31.2 Å². The highest BCUT2D eigenvalue weighted by Gasteiger charge is 2.48. The molecule has 0 saturated carbocycles. The SMILES string of the molecule is CN1C2CCC1CC(C#N)(c1cncc(OCC(F)(F)F)c1)C2. The zero-order valence-electron chi connectivity index (χ0n) is 12.8. The Morgan fingerprint density at radius 1 is 1.35 bits per heavy atom. The number of hydrogen-bond acceptors (Lipinski definition) is 4. The molecular weight excluding hydrogens is 307 g/mol. The van der Waals surface area contributed by atoms with Crippen molar-refractivity contribution in [2.75, 3.05) is 13.7 Å². The van der Waals surface area contributed by atoms with Gasteiger partial charge in [0.15, 0.2) is 6.61 Å². The van der Waals surface area contributed by atoms with Crippen molar-refractivity contribution in [3.8, 4) is 11.8 Å². The number of hydrogen-bond donors (Lipinski definition) is 0. The van der Waals surface area contributed by atoms with Crippen LogP contribution in [0.5, 0.6) is 5.75 Å². The van der Waals surface area contributed by atoms with Gasteiger partial charge >= 0.3 is 6.18 Å². The standard InChI is InChI=1S/C16H18F3N3O/c1-22-12-2-3-13(22)6-15(5-12,9-20)11-4-14(8-21-7-11)23-10-16(17,18)19/h4,7-8,12-13H,2-3,5-6,10H2,1H3. The van der Waals surface area contributed by atoms with Crippen molar-refractivity contribution in [1.29, 1.82) is 5.26 Å². The van der Waals surface area contributed by atoms with E-state index in [4.69, 9.17) is 4.74 Å².